The molecular formula is C12H12FN3OS. The van der Waals surface area contributed by atoms with Crippen LogP contribution in [0.15, 0.2) is 23.0 Å². The highest BCUT2D eigenvalue weighted by Gasteiger charge is 2.10. The predicted octanol–water partition coefficient (Wildman–Crippen LogP) is 2.30. The van der Waals surface area contributed by atoms with Crippen LogP contribution < -0.4 is 11.1 Å². The average Bonchev–Trinajstić information content (AvgIpc) is 2.83. The number of hydrogen-bond donors (Lipinski definition) is 2. The molecule has 0 bridgehead atoms. The molecular weight excluding hydrogens is 253 g/mol. The van der Waals surface area contributed by atoms with Crippen LogP contribution in [0.5, 0.6) is 0 Å². The van der Waals surface area contributed by atoms with Crippen LogP contribution in [0.25, 0.3) is 0 Å². The van der Waals surface area contributed by atoms with Gasteiger partial charge in [0.2, 0.25) is 5.91 Å². The Morgan fingerprint density at radius 3 is 2.94 bits per heavy atom. The first-order valence-electron chi connectivity index (χ1n) is 5.29. The van der Waals surface area contributed by atoms with Crippen LogP contribution in [-0.4, -0.2) is 10.9 Å². The lowest BCUT2D eigenvalue weighted by Gasteiger charge is -2.10. The highest BCUT2D eigenvalue weighted by atomic mass is 32.1. The maximum Gasteiger partial charge on any atom is 0.248 e. The second-order valence-corrected chi connectivity index (χ2v) is 4.55. The number of hydrogen-bond acceptors (Lipinski definition) is 4. The van der Waals surface area contributed by atoms with E-state index in [4.69, 9.17) is 5.73 Å². The van der Waals surface area contributed by atoms with Gasteiger partial charge in [0.15, 0.2) is 0 Å². The molecule has 6 heteroatoms. The van der Waals surface area contributed by atoms with E-state index in [-0.39, 0.29) is 5.56 Å². The second-order valence-electron chi connectivity index (χ2n) is 3.83. The van der Waals surface area contributed by atoms with E-state index in [1.54, 1.807) is 18.5 Å². The zero-order valence-electron chi connectivity index (χ0n) is 9.74. The van der Waals surface area contributed by atoms with Gasteiger partial charge in [-0.2, -0.15) is 0 Å². The number of aromatic nitrogens is 1. The predicted molar refractivity (Wildman–Crippen MR) is 69.1 cm³/mol. The maximum absolute atomic E-state index is 13.6. The van der Waals surface area contributed by atoms with Crippen molar-refractivity contribution < 1.29 is 9.18 Å². The fraction of sp³-hybridized carbons (Fsp3) is 0.167. The number of rotatable bonds is 4. The summed E-state index contributed by atoms with van der Waals surface area (Å²) in [7, 11) is 0. The van der Waals surface area contributed by atoms with Gasteiger partial charge in [-0.05, 0) is 19.1 Å². The molecule has 1 aromatic heterocycles. The molecule has 2 aromatic rings. The lowest BCUT2D eigenvalue weighted by atomic mass is 10.1. The summed E-state index contributed by atoms with van der Waals surface area (Å²) in [6.45, 7) is 2.12. The molecule has 1 aromatic carbocycles. The van der Waals surface area contributed by atoms with Gasteiger partial charge in [-0.1, -0.05) is 0 Å². The summed E-state index contributed by atoms with van der Waals surface area (Å²) in [5.74, 6) is -1.10. The molecule has 18 heavy (non-hydrogen) atoms. The van der Waals surface area contributed by atoms with Crippen molar-refractivity contribution in [2.75, 3.05) is 5.32 Å². The monoisotopic (exact) mass is 265 g/mol. The van der Waals surface area contributed by atoms with E-state index in [1.165, 1.54) is 11.3 Å². The summed E-state index contributed by atoms with van der Waals surface area (Å²) < 4.78 is 13.6. The number of nitrogens with two attached hydrogens (primary N) is 1. The molecule has 0 saturated heterocycles. The molecule has 1 amide bonds. The Morgan fingerprint density at radius 2 is 2.33 bits per heavy atom. The molecule has 0 saturated carbocycles. The molecule has 0 atom stereocenters. The summed E-state index contributed by atoms with van der Waals surface area (Å²) in [6.07, 6.45) is 0. The van der Waals surface area contributed by atoms with Gasteiger partial charge >= 0.3 is 0 Å². The first kappa shape index (κ1) is 12.5. The molecule has 1 heterocycles. The molecule has 94 valence electrons. The lowest BCUT2D eigenvalue weighted by Crippen LogP contribution is -2.13. The van der Waals surface area contributed by atoms with E-state index in [0.717, 1.165) is 11.8 Å². The molecule has 0 aliphatic carbocycles. The quantitative estimate of drug-likeness (QED) is 0.891. The largest absolute Gasteiger partial charge is 0.379 e. The summed E-state index contributed by atoms with van der Waals surface area (Å²) in [5, 5.41) is 4.95. The maximum atomic E-state index is 13.6. The molecule has 0 radical (unpaired) electrons. The van der Waals surface area contributed by atoms with Gasteiger partial charge in [0, 0.05) is 22.2 Å². The molecule has 3 N–H and O–H groups in total. The van der Waals surface area contributed by atoms with Crippen LogP contribution in [0, 0.1) is 12.7 Å². The zero-order valence-corrected chi connectivity index (χ0v) is 10.6. The van der Waals surface area contributed by atoms with Crippen LogP contribution in [0.2, 0.25) is 0 Å². The van der Waals surface area contributed by atoms with Crippen LogP contribution in [0.1, 0.15) is 21.6 Å². The minimum absolute atomic E-state index is 0.152. The van der Waals surface area contributed by atoms with Crippen LogP contribution in [0.4, 0.5) is 10.1 Å². The third-order valence-electron chi connectivity index (χ3n) is 2.57. The van der Waals surface area contributed by atoms with Gasteiger partial charge in [-0.25, -0.2) is 9.37 Å². The van der Waals surface area contributed by atoms with Crippen molar-refractivity contribution in [1.29, 1.82) is 0 Å². The number of primary amides is 1. The summed E-state index contributed by atoms with van der Waals surface area (Å²) in [5.41, 5.74) is 8.90. The van der Waals surface area contributed by atoms with Gasteiger partial charge in [0.05, 0.1) is 17.7 Å². The minimum atomic E-state index is -0.648. The Balaban J connectivity index is 2.23. The SMILES string of the molecule is Cc1c(F)cc(C(N)=O)cc1NCc1cscn1. The Morgan fingerprint density at radius 1 is 1.56 bits per heavy atom. The highest BCUT2D eigenvalue weighted by molar-refractivity contribution is 7.07. The molecule has 0 unspecified atom stereocenters. The number of amides is 1. The van der Waals surface area contributed by atoms with E-state index in [9.17, 15) is 9.18 Å². The molecule has 0 aliphatic heterocycles. The Kier molecular flexibility index (Phi) is 3.57. The van der Waals surface area contributed by atoms with Crippen LogP contribution in [-0.2, 0) is 6.54 Å². The summed E-state index contributed by atoms with van der Waals surface area (Å²) in [4.78, 5) is 15.2. The van der Waals surface area contributed by atoms with E-state index in [1.807, 2.05) is 5.38 Å². The third kappa shape index (κ3) is 2.65. The van der Waals surface area contributed by atoms with E-state index in [0.29, 0.717) is 17.8 Å². The number of anilines is 1. The van der Waals surface area contributed by atoms with Gasteiger partial charge in [0.25, 0.3) is 0 Å². The number of nitrogens with one attached hydrogen (secondary N) is 1. The third-order valence-corrected chi connectivity index (χ3v) is 3.21. The van der Waals surface area contributed by atoms with Gasteiger partial charge in [0.1, 0.15) is 5.82 Å². The van der Waals surface area contributed by atoms with Crippen molar-refractivity contribution in [1.82, 2.24) is 4.98 Å². The Bertz CT molecular complexity index is 569. The minimum Gasteiger partial charge on any atom is -0.379 e. The van der Waals surface area contributed by atoms with Crippen molar-refractivity contribution in [2.24, 2.45) is 5.73 Å². The van der Waals surface area contributed by atoms with Crippen molar-refractivity contribution in [3.63, 3.8) is 0 Å². The summed E-state index contributed by atoms with van der Waals surface area (Å²) in [6, 6.07) is 2.69. The Hall–Kier alpha value is -1.95. The highest BCUT2D eigenvalue weighted by Crippen LogP contribution is 2.21. The number of nitrogens with zero attached hydrogens (tertiary/aromatic N) is 1. The zero-order chi connectivity index (χ0) is 13.1. The average molecular weight is 265 g/mol. The number of carbonyl (C=O) groups is 1. The van der Waals surface area contributed by atoms with E-state index >= 15 is 0 Å². The smallest absolute Gasteiger partial charge is 0.248 e. The number of halogens is 1. The van der Waals surface area contributed by atoms with Crippen LogP contribution in [0.3, 0.4) is 0 Å². The molecule has 2 rings (SSSR count). The Labute approximate surface area is 108 Å². The second kappa shape index (κ2) is 5.14. The first-order valence-corrected chi connectivity index (χ1v) is 6.23. The number of benzene rings is 1. The molecule has 4 nitrogen and oxygen atoms in total. The van der Waals surface area contributed by atoms with Gasteiger partial charge in [-0.3, -0.25) is 4.79 Å². The number of carbonyl (C=O) groups excluding carboxylic acids is 1. The van der Waals surface area contributed by atoms with Crippen molar-refractivity contribution in [3.05, 3.63) is 45.7 Å². The van der Waals surface area contributed by atoms with Gasteiger partial charge < -0.3 is 11.1 Å². The number of thiazole rings is 1. The van der Waals surface area contributed by atoms with Crippen LogP contribution >= 0.6 is 11.3 Å². The lowest BCUT2D eigenvalue weighted by molar-refractivity contribution is 0.1000. The van der Waals surface area contributed by atoms with Crippen molar-refractivity contribution >= 4 is 22.9 Å². The van der Waals surface area contributed by atoms with Crippen molar-refractivity contribution in [3.8, 4) is 0 Å². The van der Waals surface area contributed by atoms with Gasteiger partial charge in [-0.15, -0.1) is 11.3 Å². The van der Waals surface area contributed by atoms with Crippen molar-refractivity contribution in [2.45, 2.75) is 13.5 Å². The van der Waals surface area contributed by atoms with E-state index in [2.05, 4.69) is 10.3 Å². The fourth-order valence-corrected chi connectivity index (χ4v) is 2.07. The fourth-order valence-electron chi connectivity index (χ4n) is 1.52. The normalized spacial score (nSPS) is 10.3. The molecule has 0 aliphatic rings. The first-order chi connectivity index (χ1) is 8.58. The topological polar surface area (TPSA) is 68.0 Å². The molecule has 0 spiro atoms. The molecule has 0 fully saturated rings. The van der Waals surface area contributed by atoms with E-state index < -0.39 is 11.7 Å². The summed E-state index contributed by atoms with van der Waals surface area (Å²) >= 11 is 1.49. The standard InChI is InChI=1S/C12H12FN3OS/c1-7-10(13)2-8(12(14)17)3-11(7)15-4-9-5-18-6-16-9/h2-3,5-6,15H,4H2,1H3,(H2,14,17).